The molecule has 3 aromatic rings. The average Bonchev–Trinajstić information content (AvgIpc) is 3.22. The number of rotatable bonds is 8. The molecule has 0 radical (unpaired) electrons. The Morgan fingerprint density at radius 3 is 2.72 bits per heavy atom. The Bertz CT molecular complexity index is 919. The monoisotopic (exact) mass is 362 g/mol. The molecule has 0 aliphatic heterocycles. The van der Waals surface area contributed by atoms with E-state index in [1.54, 1.807) is 12.1 Å². The second kappa shape index (κ2) is 7.49. The summed E-state index contributed by atoms with van der Waals surface area (Å²) in [6, 6.07) is 12.7. The van der Waals surface area contributed by atoms with Crippen LogP contribution in [0.25, 0.3) is 11.5 Å². The zero-order chi connectivity index (χ0) is 17.7. The van der Waals surface area contributed by atoms with E-state index >= 15 is 0 Å². The quantitative estimate of drug-likeness (QED) is 0.653. The summed E-state index contributed by atoms with van der Waals surface area (Å²) in [7, 11) is -1.65. The van der Waals surface area contributed by atoms with Crippen LogP contribution in [0.4, 0.5) is 0 Å². The van der Waals surface area contributed by atoms with Crippen molar-refractivity contribution in [2.24, 2.45) is 7.05 Å². The van der Waals surface area contributed by atoms with Gasteiger partial charge in [-0.05, 0) is 24.3 Å². The molecule has 3 rings (SSSR count). The molecule has 0 spiro atoms. The fraction of sp³-hybridized carbons (Fsp3) is 0.250. The number of benzene rings is 1. The van der Waals surface area contributed by atoms with Gasteiger partial charge in [-0.2, -0.15) is 4.98 Å². The SMILES string of the molecule is Cn1cccc1-c1noc(CNS(=O)(=O)CCOc2ccccc2)n1. The van der Waals surface area contributed by atoms with Gasteiger partial charge in [0.1, 0.15) is 12.4 Å². The van der Waals surface area contributed by atoms with E-state index in [9.17, 15) is 8.42 Å². The highest BCUT2D eigenvalue weighted by Gasteiger charge is 2.15. The average molecular weight is 362 g/mol. The highest BCUT2D eigenvalue weighted by atomic mass is 32.2. The first kappa shape index (κ1) is 17.2. The number of aromatic nitrogens is 3. The number of hydrogen-bond acceptors (Lipinski definition) is 6. The lowest BCUT2D eigenvalue weighted by atomic mass is 10.3. The van der Waals surface area contributed by atoms with Crippen LogP contribution in [0.15, 0.2) is 53.2 Å². The van der Waals surface area contributed by atoms with Gasteiger partial charge >= 0.3 is 0 Å². The van der Waals surface area contributed by atoms with Crippen LogP contribution in [0.2, 0.25) is 0 Å². The third kappa shape index (κ3) is 4.68. The smallest absolute Gasteiger partial charge is 0.242 e. The van der Waals surface area contributed by atoms with E-state index in [4.69, 9.17) is 9.26 Å². The van der Waals surface area contributed by atoms with Crippen LogP contribution in [-0.4, -0.2) is 35.5 Å². The predicted octanol–water partition coefficient (Wildman–Crippen LogP) is 1.57. The third-order valence-corrected chi connectivity index (χ3v) is 4.74. The fourth-order valence-electron chi connectivity index (χ4n) is 2.15. The molecule has 0 saturated carbocycles. The summed E-state index contributed by atoms with van der Waals surface area (Å²) in [6.07, 6.45) is 1.86. The second-order valence-electron chi connectivity index (χ2n) is 5.32. The largest absolute Gasteiger partial charge is 0.492 e. The van der Waals surface area contributed by atoms with Crippen LogP contribution < -0.4 is 9.46 Å². The van der Waals surface area contributed by atoms with Gasteiger partial charge in [0.05, 0.1) is 18.0 Å². The minimum absolute atomic E-state index is 0.0534. The minimum Gasteiger partial charge on any atom is -0.492 e. The lowest BCUT2D eigenvalue weighted by Crippen LogP contribution is -2.28. The summed E-state index contributed by atoms with van der Waals surface area (Å²) in [4.78, 5) is 4.19. The summed E-state index contributed by atoms with van der Waals surface area (Å²) < 4.78 is 38.7. The number of nitrogens with zero attached hydrogens (tertiary/aromatic N) is 3. The molecule has 0 aliphatic rings. The number of para-hydroxylation sites is 1. The van der Waals surface area contributed by atoms with Gasteiger partial charge in [0, 0.05) is 13.2 Å². The Kier molecular flexibility index (Phi) is 5.15. The van der Waals surface area contributed by atoms with Crippen molar-refractivity contribution in [2.45, 2.75) is 6.54 Å². The molecule has 132 valence electrons. The highest BCUT2D eigenvalue weighted by molar-refractivity contribution is 7.89. The van der Waals surface area contributed by atoms with Crippen LogP contribution in [0.5, 0.6) is 5.75 Å². The van der Waals surface area contributed by atoms with Gasteiger partial charge < -0.3 is 13.8 Å². The molecular weight excluding hydrogens is 344 g/mol. The molecule has 0 saturated heterocycles. The molecule has 0 amide bonds. The summed E-state index contributed by atoms with van der Waals surface area (Å²) in [5.74, 6) is 1.07. The normalized spacial score (nSPS) is 11.6. The van der Waals surface area contributed by atoms with Crippen molar-refractivity contribution >= 4 is 10.0 Å². The third-order valence-electron chi connectivity index (χ3n) is 3.45. The Hall–Kier alpha value is -2.65. The van der Waals surface area contributed by atoms with Crippen molar-refractivity contribution in [2.75, 3.05) is 12.4 Å². The molecule has 0 aliphatic carbocycles. The Morgan fingerprint density at radius 2 is 2.00 bits per heavy atom. The fourth-order valence-corrected chi connectivity index (χ4v) is 2.94. The van der Waals surface area contributed by atoms with Crippen molar-refractivity contribution in [3.05, 3.63) is 54.6 Å². The summed E-state index contributed by atoms with van der Waals surface area (Å²) >= 11 is 0. The van der Waals surface area contributed by atoms with Crippen LogP contribution in [-0.2, 0) is 23.6 Å². The molecule has 2 aromatic heterocycles. The summed E-state index contributed by atoms with van der Waals surface area (Å²) in [6.45, 7) is -0.0110. The lowest BCUT2D eigenvalue weighted by molar-refractivity contribution is 0.339. The number of nitrogens with one attached hydrogen (secondary N) is 1. The van der Waals surface area contributed by atoms with Gasteiger partial charge in [-0.15, -0.1) is 0 Å². The molecule has 8 nitrogen and oxygen atoms in total. The van der Waals surface area contributed by atoms with Gasteiger partial charge in [0.15, 0.2) is 0 Å². The molecule has 1 N–H and O–H groups in total. The molecule has 0 unspecified atom stereocenters. The standard InChI is InChI=1S/C16H18N4O4S/c1-20-9-5-8-14(20)16-18-15(24-19-16)12-17-25(21,22)11-10-23-13-6-3-2-4-7-13/h2-9,17H,10-12H2,1H3. The minimum atomic E-state index is -3.51. The van der Waals surface area contributed by atoms with Gasteiger partial charge in [-0.25, -0.2) is 13.1 Å². The molecule has 25 heavy (non-hydrogen) atoms. The molecule has 0 fully saturated rings. The first-order chi connectivity index (χ1) is 12.0. The van der Waals surface area contributed by atoms with E-state index in [1.165, 1.54) is 0 Å². The van der Waals surface area contributed by atoms with Gasteiger partial charge in [0.25, 0.3) is 0 Å². The molecule has 9 heteroatoms. The predicted molar refractivity (Wildman–Crippen MR) is 91.3 cm³/mol. The van der Waals surface area contributed by atoms with Crippen molar-refractivity contribution in [3.63, 3.8) is 0 Å². The maximum absolute atomic E-state index is 12.0. The lowest BCUT2D eigenvalue weighted by Gasteiger charge is -2.07. The maximum Gasteiger partial charge on any atom is 0.242 e. The molecular formula is C16H18N4O4S. The molecule has 0 bridgehead atoms. The van der Waals surface area contributed by atoms with E-state index in [0.29, 0.717) is 11.6 Å². The van der Waals surface area contributed by atoms with Crippen molar-refractivity contribution in [1.82, 2.24) is 19.4 Å². The van der Waals surface area contributed by atoms with Gasteiger partial charge in [-0.1, -0.05) is 23.4 Å². The number of aryl methyl sites for hydroxylation is 1. The zero-order valence-corrected chi connectivity index (χ0v) is 14.4. The van der Waals surface area contributed by atoms with Crippen LogP contribution in [0.1, 0.15) is 5.89 Å². The van der Waals surface area contributed by atoms with E-state index < -0.39 is 10.0 Å². The van der Waals surface area contributed by atoms with Crippen LogP contribution in [0, 0.1) is 0 Å². The zero-order valence-electron chi connectivity index (χ0n) is 13.6. The molecule has 0 atom stereocenters. The number of sulfonamides is 1. The summed E-state index contributed by atoms with van der Waals surface area (Å²) in [5.41, 5.74) is 0.786. The van der Waals surface area contributed by atoms with Gasteiger partial charge in [-0.3, -0.25) is 0 Å². The topological polar surface area (TPSA) is 99.2 Å². The van der Waals surface area contributed by atoms with E-state index in [-0.39, 0.29) is 24.8 Å². The Balaban J connectivity index is 1.50. The van der Waals surface area contributed by atoms with Crippen molar-refractivity contribution in [1.29, 1.82) is 0 Å². The van der Waals surface area contributed by atoms with Crippen molar-refractivity contribution in [3.8, 4) is 17.3 Å². The Labute approximate surface area is 145 Å². The second-order valence-corrected chi connectivity index (χ2v) is 7.24. The molecule has 2 heterocycles. The highest BCUT2D eigenvalue weighted by Crippen LogP contribution is 2.15. The Morgan fingerprint density at radius 1 is 1.20 bits per heavy atom. The first-order valence-corrected chi connectivity index (χ1v) is 9.28. The molecule has 1 aromatic carbocycles. The van der Waals surface area contributed by atoms with Crippen LogP contribution >= 0.6 is 0 Å². The maximum atomic E-state index is 12.0. The first-order valence-electron chi connectivity index (χ1n) is 7.63. The van der Waals surface area contributed by atoms with E-state index in [0.717, 1.165) is 5.69 Å². The van der Waals surface area contributed by atoms with E-state index in [2.05, 4.69) is 14.9 Å². The number of ether oxygens (including phenoxy) is 1. The summed E-state index contributed by atoms with van der Waals surface area (Å²) in [5, 5.41) is 3.86. The number of hydrogen-bond donors (Lipinski definition) is 1. The van der Waals surface area contributed by atoms with Gasteiger partial charge in [0.2, 0.25) is 21.7 Å². The van der Waals surface area contributed by atoms with E-state index in [1.807, 2.05) is 48.1 Å². The van der Waals surface area contributed by atoms with Crippen LogP contribution in [0.3, 0.4) is 0 Å². The van der Waals surface area contributed by atoms with Crippen molar-refractivity contribution < 1.29 is 17.7 Å².